The van der Waals surface area contributed by atoms with Crippen molar-refractivity contribution in [2.75, 3.05) is 6.54 Å². The van der Waals surface area contributed by atoms with Crippen molar-refractivity contribution in [2.24, 2.45) is 5.92 Å². The van der Waals surface area contributed by atoms with Crippen LogP contribution >= 0.6 is 0 Å². The van der Waals surface area contributed by atoms with E-state index in [2.05, 4.69) is 5.32 Å². The molecule has 1 aromatic rings. The Morgan fingerprint density at radius 1 is 1.50 bits per heavy atom. The molecule has 86 valence electrons. The summed E-state index contributed by atoms with van der Waals surface area (Å²) in [6.45, 7) is 0.644. The van der Waals surface area contributed by atoms with Gasteiger partial charge in [0, 0.05) is 0 Å². The molecule has 1 fully saturated rings. The highest BCUT2D eigenvalue weighted by atomic mass is 19.1. The van der Waals surface area contributed by atoms with Crippen molar-refractivity contribution in [3.05, 3.63) is 35.6 Å². The van der Waals surface area contributed by atoms with Crippen LogP contribution in [0, 0.1) is 11.7 Å². The number of aliphatic carboxylic acids is 1. The van der Waals surface area contributed by atoms with Gasteiger partial charge in [-0.1, -0.05) is 18.2 Å². The van der Waals surface area contributed by atoms with Gasteiger partial charge in [0.15, 0.2) is 0 Å². The van der Waals surface area contributed by atoms with Gasteiger partial charge >= 0.3 is 5.97 Å². The van der Waals surface area contributed by atoms with E-state index in [-0.39, 0.29) is 11.7 Å². The summed E-state index contributed by atoms with van der Waals surface area (Å²) in [5, 5.41) is 11.7. The standard InChI is InChI=1S/C12H14FNO2/c13-10-4-2-1-3-9(10)5-8-6-11(12(15)16)14-7-8/h1-4,8,11,14H,5-7H2,(H,15,16)/t8?,11-/m1/s1. The summed E-state index contributed by atoms with van der Waals surface area (Å²) < 4.78 is 13.4. The smallest absolute Gasteiger partial charge is 0.320 e. The molecule has 0 radical (unpaired) electrons. The molecule has 1 heterocycles. The van der Waals surface area contributed by atoms with Crippen LogP contribution in [-0.2, 0) is 11.2 Å². The van der Waals surface area contributed by atoms with E-state index in [4.69, 9.17) is 5.11 Å². The Morgan fingerprint density at radius 2 is 2.25 bits per heavy atom. The van der Waals surface area contributed by atoms with Crippen molar-refractivity contribution >= 4 is 5.97 Å². The van der Waals surface area contributed by atoms with Gasteiger partial charge in [0.25, 0.3) is 0 Å². The van der Waals surface area contributed by atoms with Crippen molar-refractivity contribution in [3.8, 4) is 0 Å². The van der Waals surface area contributed by atoms with E-state index >= 15 is 0 Å². The maximum atomic E-state index is 13.4. The highest BCUT2D eigenvalue weighted by molar-refractivity contribution is 5.73. The number of hydrogen-bond acceptors (Lipinski definition) is 2. The SMILES string of the molecule is O=C(O)[C@H]1CC(Cc2ccccc2F)CN1. The summed E-state index contributed by atoms with van der Waals surface area (Å²) in [5.74, 6) is -0.824. The lowest BCUT2D eigenvalue weighted by Gasteiger charge is -2.08. The van der Waals surface area contributed by atoms with Crippen LogP contribution in [0.25, 0.3) is 0 Å². The van der Waals surface area contributed by atoms with Crippen LogP contribution in [0.1, 0.15) is 12.0 Å². The fourth-order valence-electron chi connectivity index (χ4n) is 2.13. The largest absolute Gasteiger partial charge is 0.480 e. The van der Waals surface area contributed by atoms with Crippen LogP contribution in [0.2, 0.25) is 0 Å². The lowest BCUT2D eigenvalue weighted by molar-refractivity contribution is -0.139. The van der Waals surface area contributed by atoms with Crippen molar-refractivity contribution in [2.45, 2.75) is 18.9 Å². The van der Waals surface area contributed by atoms with Crippen molar-refractivity contribution in [1.82, 2.24) is 5.32 Å². The van der Waals surface area contributed by atoms with Crippen molar-refractivity contribution < 1.29 is 14.3 Å². The van der Waals surface area contributed by atoms with E-state index in [0.717, 1.165) is 0 Å². The van der Waals surface area contributed by atoms with E-state index in [1.165, 1.54) is 6.07 Å². The minimum Gasteiger partial charge on any atom is -0.480 e. The van der Waals surface area contributed by atoms with Gasteiger partial charge in [-0.25, -0.2) is 4.39 Å². The zero-order valence-corrected chi connectivity index (χ0v) is 8.82. The lowest BCUT2D eigenvalue weighted by Crippen LogP contribution is -2.29. The zero-order chi connectivity index (χ0) is 11.5. The maximum absolute atomic E-state index is 13.4. The number of halogens is 1. The number of carbonyl (C=O) groups is 1. The van der Waals surface area contributed by atoms with Crippen LogP contribution in [0.4, 0.5) is 4.39 Å². The summed E-state index contributed by atoms with van der Waals surface area (Å²) in [5.41, 5.74) is 0.667. The quantitative estimate of drug-likeness (QED) is 0.815. The number of carboxylic acids is 1. The molecule has 0 aromatic heterocycles. The third-order valence-corrected chi connectivity index (χ3v) is 2.99. The van der Waals surface area contributed by atoms with Gasteiger partial charge in [0.05, 0.1) is 0 Å². The molecular weight excluding hydrogens is 209 g/mol. The fraction of sp³-hybridized carbons (Fsp3) is 0.417. The van der Waals surface area contributed by atoms with Crippen LogP contribution in [-0.4, -0.2) is 23.7 Å². The first-order chi connectivity index (χ1) is 7.66. The molecule has 1 unspecified atom stereocenters. The van der Waals surface area contributed by atoms with E-state index < -0.39 is 12.0 Å². The van der Waals surface area contributed by atoms with Crippen LogP contribution in [0.5, 0.6) is 0 Å². The normalized spacial score (nSPS) is 24.6. The van der Waals surface area contributed by atoms with Gasteiger partial charge in [-0.2, -0.15) is 0 Å². The molecule has 0 spiro atoms. The highest BCUT2D eigenvalue weighted by Gasteiger charge is 2.29. The molecule has 16 heavy (non-hydrogen) atoms. The highest BCUT2D eigenvalue weighted by Crippen LogP contribution is 2.20. The number of carboxylic acid groups (broad SMARTS) is 1. The summed E-state index contributed by atoms with van der Waals surface area (Å²) in [7, 11) is 0. The number of rotatable bonds is 3. The van der Waals surface area contributed by atoms with Gasteiger partial charge in [-0.3, -0.25) is 4.79 Å². The molecule has 3 nitrogen and oxygen atoms in total. The Bertz CT molecular complexity index is 394. The average molecular weight is 223 g/mol. The Labute approximate surface area is 93.3 Å². The Hall–Kier alpha value is -1.42. The van der Waals surface area contributed by atoms with Crippen LogP contribution in [0.3, 0.4) is 0 Å². The topological polar surface area (TPSA) is 49.3 Å². The predicted octanol–water partition coefficient (Wildman–Crippen LogP) is 1.43. The molecule has 1 aliphatic heterocycles. The maximum Gasteiger partial charge on any atom is 0.320 e. The molecule has 1 saturated heterocycles. The summed E-state index contributed by atoms with van der Waals surface area (Å²) in [6.07, 6.45) is 1.17. The molecule has 2 rings (SSSR count). The third-order valence-electron chi connectivity index (χ3n) is 2.99. The predicted molar refractivity (Wildman–Crippen MR) is 57.6 cm³/mol. The zero-order valence-electron chi connectivity index (χ0n) is 8.82. The monoisotopic (exact) mass is 223 g/mol. The van der Waals surface area contributed by atoms with Crippen molar-refractivity contribution in [3.63, 3.8) is 0 Å². The van der Waals surface area contributed by atoms with E-state index in [0.29, 0.717) is 24.9 Å². The Kier molecular flexibility index (Phi) is 3.19. The van der Waals surface area contributed by atoms with E-state index in [1.54, 1.807) is 18.2 Å². The number of hydrogen-bond donors (Lipinski definition) is 2. The van der Waals surface area contributed by atoms with Gasteiger partial charge in [-0.05, 0) is 36.9 Å². The van der Waals surface area contributed by atoms with E-state index in [9.17, 15) is 9.18 Å². The fourth-order valence-corrected chi connectivity index (χ4v) is 2.13. The second-order valence-electron chi connectivity index (χ2n) is 4.20. The first kappa shape index (κ1) is 11.1. The first-order valence-electron chi connectivity index (χ1n) is 5.36. The second kappa shape index (κ2) is 4.61. The van der Waals surface area contributed by atoms with Crippen LogP contribution < -0.4 is 5.32 Å². The second-order valence-corrected chi connectivity index (χ2v) is 4.20. The summed E-state index contributed by atoms with van der Waals surface area (Å²) in [6, 6.07) is 6.17. The number of nitrogens with one attached hydrogen (secondary N) is 1. The molecule has 2 N–H and O–H groups in total. The summed E-state index contributed by atoms with van der Waals surface area (Å²) in [4.78, 5) is 10.7. The van der Waals surface area contributed by atoms with Crippen molar-refractivity contribution in [1.29, 1.82) is 0 Å². The van der Waals surface area contributed by atoms with E-state index in [1.807, 2.05) is 0 Å². The molecule has 1 aromatic carbocycles. The van der Waals surface area contributed by atoms with Gasteiger partial charge in [0.2, 0.25) is 0 Å². The number of benzene rings is 1. The van der Waals surface area contributed by atoms with Gasteiger partial charge < -0.3 is 10.4 Å². The molecule has 2 atom stereocenters. The van der Waals surface area contributed by atoms with Crippen LogP contribution in [0.15, 0.2) is 24.3 Å². The third kappa shape index (κ3) is 2.39. The Morgan fingerprint density at radius 3 is 2.88 bits per heavy atom. The average Bonchev–Trinajstić information content (AvgIpc) is 2.70. The summed E-state index contributed by atoms with van der Waals surface area (Å²) >= 11 is 0. The molecule has 0 saturated carbocycles. The molecule has 4 heteroatoms. The minimum atomic E-state index is -0.823. The first-order valence-corrected chi connectivity index (χ1v) is 5.36. The molecule has 0 bridgehead atoms. The lowest BCUT2D eigenvalue weighted by atomic mass is 9.96. The molecule has 0 aliphatic carbocycles. The molecule has 1 aliphatic rings. The Balaban J connectivity index is 1.97. The molecule has 0 amide bonds. The minimum absolute atomic E-state index is 0.206. The van der Waals surface area contributed by atoms with Gasteiger partial charge in [0.1, 0.15) is 11.9 Å². The molecular formula is C12H14FNO2. The van der Waals surface area contributed by atoms with Gasteiger partial charge in [-0.15, -0.1) is 0 Å².